The van der Waals surface area contributed by atoms with E-state index in [4.69, 9.17) is 4.74 Å². The molecule has 3 rings (SSSR count). The van der Waals surface area contributed by atoms with Gasteiger partial charge in [0.25, 0.3) is 0 Å². The van der Waals surface area contributed by atoms with Crippen LogP contribution in [0.4, 0.5) is 0 Å². The van der Waals surface area contributed by atoms with Crippen molar-refractivity contribution >= 4 is 5.97 Å². The molecule has 0 amide bonds. The van der Waals surface area contributed by atoms with Gasteiger partial charge in [0, 0.05) is 5.92 Å². The van der Waals surface area contributed by atoms with Crippen LogP contribution in [-0.2, 0) is 9.53 Å². The molecule has 0 aromatic rings. The van der Waals surface area contributed by atoms with Crippen LogP contribution in [0, 0.1) is 29.1 Å². The van der Waals surface area contributed by atoms with Crippen molar-refractivity contribution in [2.75, 3.05) is 6.61 Å². The quantitative estimate of drug-likeness (QED) is 0.613. The van der Waals surface area contributed by atoms with Gasteiger partial charge in [-0.25, -0.2) is 0 Å². The maximum Gasteiger partial charge on any atom is 0.311 e. The molecule has 0 spiro atoms. The fourth-order valence-electron chi connectivity index (χ4n) is 3.67. The second-order valence-electron chi connectivity index (χ2n) is 7.12. The fourth-order valence-corrected chi connectivity index (χ4v) is 3.67. The maximum absolute atomic E-state index is 11.8. The number of aliphatic hydroxyl groups is 1. The molecule has 1 saturated carbocycles. The molecule has 3 aliphatic rings. The number of carbonyl (C=O) groups is 1. The zero-order chi connectivity index (χ0) is 13.8. The Morgan fingerprint density at radius 3 is 2.68 bits per heavy atom. The first kappa shape index (κ1) is 12.9. The minimum atomic E-state index is -0.486. The number of esters is 1. The Balaban J connectivity index is 1.65. The summed E-state index contributed by atoms with van der Waals surface area (Å²) < 4.78 is 5.33. The predicted octanol–water partition coefficient (Wildman–Crippen LogP) is 2.31. The van der Waals surface area contributed by atoms with Crippen molar-refractivity contribution in [2.45, 2.75) is 33.3 Å². The summed E-state index contributed by atoms with van der Waals surface area (Å²) >= 11 is 0. The van der Waals surface area contributed by atoms with Crippen molar-refractivity contribution in [3.05, 3.63) is 23.8 Å². The van der Waals surface area contributed by atoms with E-state index in [1.165, 1.54) is 6.42 Å². The molecular formula is C16H22O3. The molecule has 0 aromatic carbocycles. The lowest BCUT2D eigenvalue weighted by molar-refractivity contribution is -0.152. The van der Waals surface area contributed by atoms with Gasteiger partial charge in [-0.3, -0.25) is 4.79 Å². The lowest BCUT2D eigenvalue weighted by Crippen LogP contribution is -2.28. The van der Waals surface area contributed by atoms with Gasteiger partial charge in [0.05, 0.1) is 11.5 Å². The second-order valence-corrected chi connectivity index (χ2v) is 7.12. The number of hydrogen-bond donors (Lipinski definition) is 1. The first-order chi connectivity index (χ1) is 8.88. The summed E-state index contributed by atoms with van der Waals surface area (Å²) in [5, 5.41) is 10.4. The molecule has 0 unspecified atom stereocenters. The minimum absolute atomic E-state index is 0.209. The van der Waals surface area contributed by atoms with Crippen LogP contribution in [0.3, 0.4) is 0 Å². The molecule has 0 heterocycles. The van der Waals surface area contributed by atoms with Crippen molar-refractivity contribution < 1.29 is 14.6 Å². The number of allylic oxidation sites excluding steroid dienone is 3. The van der Waals surface area contributed by atoms with Crippen molar-refractivity contribution in [3.8, 4) is 0 Å². The van der Waals surface area contributed by atoms with E-state index in [1.807, 2.05) is 20.8 Å². The van der Waals surface area contributed by atoms with Crippen LogP contribution < -0.4 is 0 Å². The smallest absolute Gasteiger partial charge is 0.311 e. The molecule has 1 N–H and O–H groups in total. The fraction of sp³-hybridized carbons (Fsp3) is 0.688. The van der Waals surface area contributed by atoms with Gasteiger partial charge < -0.3 is 9.84 Å². The van der Waals surface area contributed by atoms with E-state index in [1.54, 1.807) is 0 Å². The van der Waals surface area contributed by atoms with Crippen molar-refractivity contribution in [1.82, 2.24) is 0 Å². The summed E-state index contributed by atoms with van der Waals surface area (Å²) in [4.78, 5) is 11.8. The van der Waals surface area contributed by atoms with E-state index in [0.29, 0.717) is 23.7 Å². The van der Waals surface area contributed by atoms with Crippen LogP contribution in [0.2, 0.25) is 0 Å². The Morgan fingerprint density at radius 2 is 2.05 bits per heavy atom. The normalized spacial score (nSPS) is 39.4. The van der Waals surface area contributed by atoms with Gasteiger partial charge in [-0.15, -0.1) is 0 Å². The average Bonchev–Trinajstić information content (AvgIpc) is 2.98. The molecule has 2 bridgehead atoms. The Bertz CT molecular complexity index is 455. The Hall–Kier alpha value is -1.09. The van der Waals surface area contributed by atoms with Gasteiger partial charge in [0.15, 0.2) is 0 Å². The summed E-state index contributed by atoms with van der Waals surface area (Å²) in [6.07, 6.45) is 7.42. The van der Waals surface area contributed by atoms with Crippen molar-refractivity contribution in [2.24, 2.45) is 29.1 Å². The average molecular weight is 262 g/mol. The largest absolute Gasteiger partial charge is 0.461 e. The van der Waals surface area contributed by atoms with Crippen molar-refractivity contribution in [3.63, 3.8) is 0 Å². The highest BCUT2D eigenvalue weighted by atomic mass is 16.5. The molecule has 0 saturated heterocycles. The van der Waals surface area contributed by atoms with Crippen LogP contribution in [0.5, 0.6) is 0 Å². The number of rotatable bonds is 2. The highest BCUT2D eigenvalue weighted by Crippen LogP contribution is 2.54. The Labute approximate surface area is 114 Å². The standard InChI is InChI=1S/C16H22O3/c1-16(2,3)15(18)19-8-11-7-12-9-4-5-10(6-9)13(12)14(11)17/h4-5,7,9-10,12-14,17H,6,8H2,1-3H3/t9-,10+,12+,13-,14-/m1/s1. The molecule has 3 nitrogen and oxygen atoms in total. The monoisotopic (exact) mass is 262 g/mol. The number of ether oxygens (including phenoxy) is 1. The zero-order valence-electron chi connectivity index (χ0n) is 11.8. The topological polar surface area (TPSA) is 46.5 Å². The summed E-state index contributed by atoms with van der Waals surface area (Å²) in [6.45, 7) is 5.76. The van der Waals surface area contributed by atoms with Gasteiger partial charge in [0.2, 0.25) is 0 Å². The molecule has 19 heavy (non-hydrogen) atoms. The lowest BCUT2D eigenvalue weighted by atomic mass is 9.84. The summed E-state index contributed by atoms with van der Waals surface area (Å²) in [5.41, 5.74) is 0.409. The van der Waals surface area contributed by atoms with E-state index in [0.717, 1.165) is 5.57 Å². The lowest BCUT2D eigenvalue weighted by Gasteiger charge is -2.24. The highest BCUT2D eigenvalue weighted by Gasteiger charge is 2.51. The summed E-state index contributed by atoms with van der Waals surface area (Å²) in [5.74, 6) is 1.66. The molecule has 0 radical (unpaired) electrons. The van der Waals surface area contributed by atoms with Crippen LogP contribution in [0.25, 0.3) is 0 Å². The minimum Gasteiger partial charge on any atom is -0.461 e. The van der Waals surface area contributed by atoms with Crippen LogP contribution >= 0.6 is 0 Å². The highest BCUT2D eigenvalue weighted by molar-refractivity contribution is 5.75. The van der Waals surface area contributed by atoms with E-state index in [2.05, 4.69) is 18.2 Å². The predicted molar refractivity (Wildman–Crippen MR) is 72.2 cm³/mol. The summed E-state index contributed by atoms with van der Waals surface area (Å²) in [6, 6.07) is 0. The first-order valence-electron chi connectivity index (χ1n) is 7.12. The molecule has 3 heteroatoms. The number of fused-ring (bicyclic) bond motifs is 5. The molecule has 3 aliphatic carbocycles. The van der Waals surface area contributed by atoms with Gasteiger partial charge in [0.1, 0.15) is 6.61 Å². The molecule has 0 aromatic heterocycles. The third-order valence-corrected chi connectivity index (χ3v) is 4.72. The van der Waals surface area contributed by atoms with E-state index < -0.39 is 11.5 Å². The second kappa shape index (κ2) is 4.20. The molecule has 5 atom stereocenters. The van der Waals surface area contributed by atoms with Gasteiger partial charge in [-0.2, -0.15) is 0 Å². The summed E-state index contributed by atoms with van der Waals surface area (Å²) in [7, 11) is 0. The molecule has 0 aliphatic heterocycles. The Kier molecular flexibility index (Phi) is 2.86. The van der Waals surface area contributed by atoms with Gasteiger partial charge in [-0.1, -0.05) is 18.2 Å². The Morgan fingerprint density at radius 1 is 1.37 bits per heavy atom. The third kappa shape index (κ3) is 2.04. The van der Waals surface area contributed by atoms with Crippen LogP contribution in [0.1, 0.15) is 27.2 Å². The molecule has 104 valence electrons. The van der Waals surface area contributed by atoms with Gasteiger partial charge >= 0.3 is 5.97 Å². The van der Waals surface area contributed by atoms with Crippen molar-refractivity contribution in [1.29, 1.82) is 0 Å². The number of hydrogen-bond acceptors (Lipinski definition) is 3. The van der Waals surface area contributed by atoms with Gasteiger partial charge in [-0.05, 0) is 50.5 Å². The van der Waals surface area contributed by atoms with Crippen LogP contribution in [0.15, 0.2) is 23.8 Å². The molecule has 1 fully saturated rings. The first-order valence-corrected chi connectivity index (χ1v) is 7.12. The number of aliphatic hydroxyl groups excluding tert-OH is 1. The van der Waals surface area contributed by atoms with E-state index >= 15 is 0 Å². The third-order valence-electron chi connectivity index (χ3n) is 4.72. The van der Waals surface area contributed by atoms with Crippen LogP contribution in [-0.4, -0.2) is 23.8 Å². The van der Waals surface area contributed by atoms with E-state index in [9.17, 15) is 9.90 Å². The zero-order valence-corrected chi connectivity index (χ0v) is 11.8. The SMILES string of the molecule is CC(C)(C)C(=O)OCC1=C[C@@H]2[C@H]([C@@H]1O)[C@H]1C=C[C@@H]2C1. The maximum atomic E-state index is 11.8. The molecular weight excluding hydrogens is 240 g/mol. The van der Waals surface area contributed by atoms with E-state index in [-0.39, 0.29) is 12.6 Å². The number of carbonyl (C=O) groups excluding carboxylic acids is 1.